The van der Waals surface area contributed by atoms with E-state index in [0.29, 0.717) is 5.56 Å². The van der Waals surface area contributed by atoms with Crippen LogP contribution in [0.1, 0.15) is 37.6 Å². The smallest absolute Gasteiger partial charge is 0.284 e. The number of hydrogen-bond acceptors (Lipinski definition) is 4. The van der Waals surface area contributed by atoms with E-state index in [-0.39, 0.29) is 22.3 Å². The van der Waals surface area contributed by atoms with Gasteiger partial charge in [-0.05, 0) is 57.0 Å². The lowest BCUT2D eigenvalue weighted by atomic mass is 10.1. The number of H-pyrrole nitrogens is 1. The average Bonchev–Trinajstić information content (AvgIpc) is 2.95. The van der Waals surface area contributed by atoms with Crippen LogP contribution in [0.5, 0.6) is 0 Å². The summed E-state index contributed by atoms with van der Waals surface area (Å²) in [5.74, 6) is 0.277. The Morgan fingerprint density at radius 3 is 2.89 bits per heavy atom. The number of aromatic nitrogens is 3. The lowest BCUT2D eigenvalue weighted by Crippen LogP contribution is -2.26. The van der Waals surface area contributed by atoms with Crippen molar-refractivity contribution in [2.75, 3.05) is 0 Å². The molecular formula is C13H15N3O2S. The Morgan fingerprint density at radius 1 is 1.47 bits per heavy atom. The molecule has 0 aromatic carbocycles. The molecule has 0 spiro atoms. The van der Waals surface area contributed by atoms with Crippen LogP contribution in [0.15, 0.2) is 15.3 Å². The molecule has 1 aliphatic rings. The van der Waals surface area contributed by atoms with Crippen molar-refractivity contribution < 1.29 is 4.42 Å². The zero-order chi connectivity index (χ0) is 13.6. The van der Waals surface area contributed by atoms with Crippen molar-refractivity contribution in [2.24, 2.45) is 0 Å². The number of fused-ring (bicyclic) bond motifs is 1. The highest BCUT2D eigenvalue weighted by Crippen LogP contribution is 2.26. The zero-order valence-corrected chi connectivity index (χ0v) is 11.7. The summed E-state index contributed by atoms with van der Waals surface area (Å²) in [6, 6.07) is 2.03. The van der Waals surface area contributed by atoms with Gasteiger partial charge in [0.15, 0.2) is 0 Å². The summed E-state index contributed by atoms with van der Waals surface area (Å²) in [6.45, 7) is 4.04. The lowest BCUT2D eigenvalue weighted by Gasteiger charge is -2.16. The first-order valence-corrected chi connectivity index (χ1v) is 6.82. The number of aromatic amines is 1. The van der Waals surface area contributed by atoms with Crippen molar-refractivity contribution >= 4 is 12.2 Å². The summed E-state index contributed by atoms with van der Waals surface area (Å²) in [6.07, 6.45) is 3.06. The molecule has 0 amide bonds. The van der Waals surface area contributed by atoms with E-state index >= 15 is 0 Å². The number of aryl methyl sites for hydroxylation is 1. The third kappa shape index (κ3) is 1.96. The molecule has 0 bridgehead atoms. The molecule has 0 fully saturated rings. The molecule has 0 aliphatic heterocycles. The molecule has 2 heterocycles. The molecule has 6 heteroatoms. The molecule has 2 aromatic rings. The van der Waals surface area contributed by atoms with E-state index in [1.54, 1.807) is 0 Å². The minimum absolute atomic E-state index is 0.0547. The summed E-state index contributed by atoms with van der Waals surface area (Å²) < 4.78 is 7.13. The van der Waals surface area contributed by atoms with Crippen LogP contribution in [-0.4, -0.2) is 14.8 Å². The van der Waals surface area contributed by atoms with Gasteiger partial charge >= 0.3 is 0 Å². The molecule has 0 atom stereocenters. The van der Waals surface area contributed by atoms with Crippen LogP contribution >= 0.6 is 12.2 Å². The van der Waals surface area contributed by atoms with E-state index in [1.165, 1.54) is 5.56 Å². The van der Waals surface area contributed by atoms with Crippen molar-refractivity contribution in [1.82, 2.24) is 14.8 Å². The maximum Gasteiger partial charge on any atom is 0.284 e. The second-order valence-electron chi connectivity index (χ2n) is 5.07. The Kier molecular flexibility index (Phi) is 2.89. The minimum atomic E-state index is -0.0547. The van der Waals surface area contributed by atoms with Crippen molar-refractivity contribution in [3.63, 3.8) is 0 Å². The summed E-state index contributed by atoms with van der Waals surface area (Å²) >= 11 is 4.87. The van der Waals surface area contributed by atoms with Crippen LogP contribution in [0, 0.1) is 4.84 Å². The van der Waals surface area contributed by atoms with E-state index in [9.17, 15) is 4.79 Å². The predicted molar refractivity (Wildman–Crippen MR) is 73.8 cm³/mol. The molecule has 0 unspecified atom stereocenters. The van der Waals surface area contributed by atoms with Crippen LogP contribution in [0.3, 0.4) is 0 Å². The number of pyridine rings is 1. The van der Waals surface area contributed by atoms with Gasteiger partial charge in [-0.3, -0.25) is 4.79 Å². The van der Waals surface area contributed by atoms with E-state index in [0.717, 1.165) is 25.0 Å². The Labute approximate surface area is 115 Å². The van der Waals surface area contributed by atoms with Crippen molar-refractivity contribution in [3.8, 4) is 11.5 Å². The number of nitrogens with zero attached hydrogens (tertiary/aromatic N) is 2. The van der Waals surface area contributed by atoms with Gasteiger partial charge in [0.25, 0.3) is 16.3 Å². The van der Waals surface area contributed by atoms with Gasteiger partial charge in [-0.1, -0.05) is 0 Å². The van der Waals surface area contributed by atoms with E-state index in [4.69, 9.17) is 16.6 Å². The first-order valence-electron chi connectivity index (χ1n) is 6.41. The van der Waals surface area contributed by atoms with Crippen molar-refractivity contribution in [1.29, 1.82) is 0 Å². The normalized spacial score (nSPS) is 14.1. The predicted octanol–water partition coefficient (Wildman–Crippen LogP) is 2.63. The standard InChI is InChI=1S/C13H15N3O2S/c1-7(2)16-10-5-3-4-8(10)6-9(12(16)17)11-14-15-13(19)18-11/h6-7H,3-5H2,1-2H3,(H,15,19). The second kappa shape index (κ2) is 4.45. The molecule has 2 aromatic heterocycles. The fraction of sp³-hybridized carbons (Fsp3) is 0.462. The molecule has 1 N–H and O–H groups in total. The summed E-state index contributed by atoms with van der Waals surface area (Å²) in [5.41, 5.74) is 2.80. The fourth-order valence-corrected chi connectivity index (χ4v) is 2.84. The van der Waals surface area contributed by atoms with Crippen molar-refractivity contribution in [2.45, 2.75) is 39.2 Å². The quantitative estimate of drug-likeness (QED) is 0.857. The van der Waals surface area contributed by atoms with Gasteiger partial charge in [0.1, 0.15) is 5.56 Å². The van der Waals surface area contributed by atoms with E-state index < -0.39 is 0 Å². The largest absolute Gasteiger partial charge is 0.409 e. The molecule has 0 saturated carbocycles. The van der Waals surface area contributed by atoms with E-state index in [1.807, 2.05) is 24.5 Å². The number of rotatable bonds is 2. The Balaban J connectivity index is 2.30. The lowest BCUT2D eigenvalue weighted by molar-refractivity contribution is 0.537. The summed E-state index contributed by atoms with van der Waals surface area (Å²) in [5, 5.41) is 6.52. The van der Waals surface area contributed by atoms with Crippen LogP contribution in [-0.2, 0) is 12.8 Å². The maximum atomic E-state index is 12.6. The monoisotopic (exact) mass is 277 g/mol. The average molecular weight is 277 g/mol. The highest BCUT2D eigenvalue weighted by Gasteiger charge is 2.22. The topological polar surface area (TPSA) is 63.8 Å². The third-order valence-corrected chi connectivity index (χ3v) is 3.65. The van der Waals surface area contributed by atoms with Crippen molar-refractivity contribution in [3.05, 3.63) is 32.5 Å². The van der Waals surface area contributed by atoms with Gasteiger partial charge in [0, 0.05) is 11.7 Å². The Morgan fingerprint density at radius 2 is 2.26 bits per heavy atom. The number of nitrogens with one attached hydrogen (secondary N) is 1. The molecule has 1 aliphatic carbocycles. The van der Waals surface area contributed by atoms with Gasteiger partial charge in [-0.15, -0.1) is 5.10 Å². The summed E-state index contributed by atoms with van der Waals surface area (Å²) in [7, 11) is 0. The molecule has 0 radical (unpaired) electrons. The van der Waals surface area contributed by atoms with Crippen LogP contribution < -0.4 is 5.56 Å². The van der Waals surface area contributed by atoms with Gasteiger partial charge in [-0.25, -0.2) is 5.10 Å². The maximum absolute atomic E-state index is 12.6. The molecular weight excluding hydrogens is 262 g/mol. The third-order valence-electron chi connectivity index (χ3n) is 3.47. The van der Waals surface area contributed by atoms with Crippen LogP contribution in [0.25, 0.3) is 11.5 Å². The summed E-state index contributed by atoms with van der Waals surface area (Å²) in [4.78, 5) is 12.8. The first kappa shape index (κ1) is 12.3. The van der Waals surface area contributed by atoms with E-state index in [2.05, 4.69) is 10.2 Å². The molecule has 3 rings (SSSR count). The first-order chi connectivity index (χ1) is 9.08. The molecule has 19 heavy (non-hydrogen) atoms. The molecule has 0 saturated heterocycles. The molecule has 5 nitrogen and oxygen atoms in total. The Hall–Kier alpha value is -1.69. The highest BCUT2D eigenvalue weighted by atomic mass is 32.1. The number of hydrogen-bond donors (Lipinski definition) is 1. The van der Waals surface area contributed by atoms with Crippen LogP contribution in [0.2, 0.25) is 0 Å². The zero-order valence-electron chi connectivity index (χ0n) is 10.9. The molecule has 100 valence electrons. The minimum Gasteiger partial charge on any atom is -0.409 e. The van der Waals surface area contributed by atoms with Gasteiger partial charge in [0.2, 0.25) is 0 Å². The fourth-order valence-electron chi connectivity index (χ4n) is 2.71. The highest BCUT2D eigenvalue weighted by molar-refractivity contribution is 7.71. The van der Waals surface area contributed by atoms with Gasteiger partial charge in [0.05, 0.1) is 0 Å². The van der Waals surface area contributed by atoms with Crippen LogP contribution in [0.4, 0.5) is 0 Å². The SMILES string of the molecule is CC(C)n1c2c(cc(-c3n[nH]c(=S)o3)c1=O)CCC2. The Bertz CT molecular complexity index is 739. The van der Waals surface area contributed by atoms with Gasteiger partial charge < -0.3 is 8.98 Å². The van der Waals surface area contributed by atoms with Gasteiger partial charge in [-0.2, -0.15) is 0 Å². The second-order valence-corrected chi connectivity index (χ2v) is 5.44.